The van der Waals surface area contributed by atoms with Crippen LogP contribution in [0, 0.1) is 0 Å². The molecule has 0 fully saturated rings. The van der Waals surface area contributed by atoms with Crippen molar-refractivity contribution in [2.24, 2.45) is 0 Å². The number of hydrogen-bond donors (Lipinski definition) is 1. The van der Waals surface area contributed by atoms with Gasteiger partial charge >= 0.3 is 0 Å². The Bertz CT molecular complexity index is 387. The zero-order chi connectivity index (χ0) is 7.68. The number of nitrogens with zero attached hydrogens (tertiary/aromatic N) is 1. The fraction of sp³-hybridized carbons (Fsp3) is 0. The molecule has 0 saturated carbocycles. The topological polar surface area (TPSA) is 28.7 Å². The standard InChI is InChI=1S/C9H8N2/c1-2-7-5-11-9-6-10-4-3-8(7)9/h2-6,11H,1H2. The van der Waals surface area contributed by atoms with Gasteiger partial charge in [-0.2, -0.15) is 0 Å². The van der Waals surface area contributed by atoms with Crippen molar-refractivity contribution in [1.82, 2.24) is 9.97 Å². The fourth-order valence-corrected chi connectivity index (χ4v) is 1.16. The van der Waals surface area contributed by atoms with Crippen molar-refractivity contribution in [2.45, 2.75) is 0 Å². The molecule has 2 aromatic heterocycles. The number of rotatable bonds is 1. The zero-order valence-corrected chi connectivity index (χ0v) is 6.04. The van der Waals surface area contributed by atoms with Crippen LogP contribution in [0.4, 0.5) is 0 Å². The van der Waals surface area contributed by atoms with Gasteiger partial charge in [0, 0.05) is 17.8 Å². The Labute approximate surface area is 64.6 Å². The third kappa shape index (κ3) is 0.835. The van der Waals surface area contributed by atoms with Crippen LogP contribution in [0.1, 0.15) is 5.56 Å². The van der Waals surface area contributed by atoms with Gasteiger partial charge in [0.1, 0.15) is 0 Å². The number of pyridine rings is 1. The van der Waals surface area contributed by atoms with Gasteiger partial charge in [-0.05, 0) is 11.6 Å². The summed E-state index contributed by atoms with van der Waals surface area (Å²) in [5.41, 5.74) is 2.19. The largest absolute Gasteiger partial charge is 0.359 e. The number of aromatic nitrogens is 2. The van der Waals surface area contributed by atoms with Crippen LogP contribution in [0.3, 0.4) is 0 Å². The van der Waals surface area contributed by atoms with Crippen LogP contribution in [0.25, 0.3) is 17.0 Å². The van der Waals surface area contributed by atoms with Gasteiger partial charge in [0.05, 0.1) is 11.7 Å². The van der Waals surface area contributed by atoms with Gasteiger partial charge in [-0.15, -0.1) is 0 Å². The number of aromatic amines is 1. The van der Waals surface area contributed by atoms with E-state index < -0.39 is 0 Å². The summed E-state index contributed by atoms with van der Waals surface area (Å²) < 4.78 is 0. The maximum Gasteiger partial charge on any atom is 0.0646 e. The number of hydrogen-bond acceptors (Lipinski definition) is 1. The highest BCUT2D eigenvalue weighted by molar-refractivity contribution is 5.87. The van der Waals surface area contributed by atoms with Crippen LogP contribution in [0.5, 0.6) is 0 Å². The first-order valence-electron chi connectivity index (χ1n) is 3.45. The predicted octanol–water partition coefficient (Wildman–Crippen LogP) is 2.21. The summed E-state index contributed by atoms with van der Waals surface area (Å²) in [4.78, 5) is 7.10. The molecule has 0 saturated heterocycles. The van der Waals surface area contributed by atoms with Crippen molar-refractivity contribution >= 4 is 17.0 Å². The summed E-state index contributed by atoms with van der Waals surface area (Å²) in [5.74, 6) is 0. The zero-order valence-electron chi connectivity index (χ0n) is 6.04. The molecule has 54 valence electrons. The lowest BCUT2D eigenvalue weighted by Crippen LogP contribution is -1.70. The van der Waals surface area contributed by atoms with Crippen molar-refractivity contribution in [1.29, 1.82) is 0 Å². The predicted molar refractivity (Wildman–Crippen MR) is 46.2 cm³/mol. The van der Waals surface area contributed by atoms with Crippen molar-refractivity contribution in [2.75, 3.05) is 0 Å². The number of nitrogens with one attached hydrogen (secondary N) is 1. The Morgan fingerprint density at radius 2 is 2.45 bits per heavy atom. The third-order valence-electron chi connectivity index (χ3n) is 1.74. The lowest BCUT2D eigenvalue weighted by Gasteiger charge is -1.87. The van der Waals surface area contributed by atoms with E-state index in [1.165, 1.54) is 5.39 Å². The molecular weight excluding hydrogens is 136 g/mol. The van der Waals surface area contributed by atoms with E-state index in [1.54, 1.807) is 6.20 Å². The first-order valence-corrected chi connectivity index (χ1v) is 3.45. The molecule has 1 N–H and O–H groups in total. The van der Waals surface area contributed by atoms with Crippen LogP contribution in [0.15, 0.2) is 31.2 Å². The highest BCUT2D eigenvalue weighted by Crippen LogP contribution is 2.16. The molecule has 0 spiro atoms. The monoisotopic (exact) mass is 144 g/mol. The van der Waals surface area contributed by atoms with Crippen LogP contribution in [-0.4, -0.2) is 9.97 Å². The number of fused-ring (bicyclic) bond motifs is 1. The first kappa shape index (κ1) is 6.16. The lowest BCUT2D eigenvalue weighted by atomic mass is 10.2. The molecule has 0 radical (unpaired) electrons. The highest BCUT2D eigenvalue weighted by atomic mass is 14.7. The summed E-state index contributed by atoms with van der Waals surface area (Å²) in [7, 11) is 0. The van der Waals surface area contributed by atoms with Gasteiger partial charge in [-0.1, -0.05) is 12.7 Å². The van der Waals surface area contributed by atoms with Crippen LogP contribution < -0.4 is 0 Å². The SMILES string of the molecule is C=Cc1c[nH]c2cnccc12. The van der Waals surface area contributed by atoms with Crippen LogP contribution in [0.2, 0.25) is 0 Å². The van der Waals surface area contributed by atoms with E-state index in [1.807, 2.05) is 24.5 Å². The van der Waals surface area contributed by atoms with Gasteiger partial charge in [-0.3, -0.25) is 4.98 Å². The molecule has 0 aliphatic heterocycles. The smallest absolute Gasteiger partial charge is 0.0646 e. The lowest BCUT2D eigenvalue weighted by molar-refractivity contribution is 1.34. The van der Waals surface area contributed by atoms with E-state index in [-0.39, 0.29) is 0 Å². The Morgan fingerprint density at radius 1 is 1.55 bits per heavy atom. The van der Waals surface area contributed by atoms with E-state index in [0.717, 1.165) is 11.1 Å². The first-order chi connectivity index (χ1) is 5.42. The number of H-pyrrole nitrogens is 1. The maximum absolute atomic E-state index is 3.99. The van der Waals surface area contributed by atoms with Crippen LogP contribution in [-0.2, 0) is 0 Å². The van der Waals surface area contributed by atoms with Gasteiger partial charge in [0.2, 0.25) is 0 Å². The second kappa shape index (κ2) is 2.23. The molecule has 0 aliphatic carbocycles. The molecule has 2 heteroatoms. The molecule has 0 bridgehead atoms. The average Bonchev–Trinajstić information content (AvgIpc) is 2.47. The summed E-state index contributed by atoms with van der Waals surface area (Å²) >= 11 is 0. The average molecular weight is 144 g/mol. The minimum atomic E-state index is 1.06. The van der Waals surface area contributed by atoms with E-state index in [2.05, 4.69) is 16.5 Å². The van der Waals surface area contributed by atoms with Crippen molar-refractivity contribution in [3.8, 4) is 0 Å². The maximum atomic E-state index is 3.99. The highest BCUT2D eigenvalue weighted by Gasteiger charge is 1.97. The van der Waals surface area contributed by atoms with Gasteiger partial charge in [0.15, 0.2) is 0 Å². The molecule has 2 rings (SSSR count). The molecule has 0 aromatic carbocycles. The van der Waals surface area contributed by atoms with Gasteiger partial charge in [-0.25, -0.2) is 0 Å². The van der Waals surface area contributed by atoms with E-state index >= 15 is 0 Å². The third-order valence-corrected chi connectivity index (χ3v) is 1.74. The fourth-order valence-electron chi connectivity index (χ4n) is 1.16. The van der Waals surface area contributed by atoms with Crippen molar-refractivity contribution in [3.63, 3.8) is 0 Å². The Hall–Kier alpha value is -1.57. The van der Waals surface area contributed by atoms with Gasteiger partial charge in [0.25, 0.3) is 0 Å². The summed E-state index contributed by atoms with van der Waals surface area (Å²) in [6.45, 7) is 3.71. The molecule has 0 atom stereocenters. The minimum Gasteiger partial charge on any atom is -0.359 e. The molecule has 0 amide bonds. The van der Waals surface area contributed by atoms with Crippen molar-refractivity contribution in [3.05, 3.63) is 36.8 Å². The molecule has 0 aliphatic rings. The Balaban J connectivity index is 2.86. The molecular formula is C9H8N2. The quantitative estimate of drug-likeness (QED) is 0.653. The molecule has 11 heavy (non-hydrogen) atoms. The Kier molecular flexibility index (Phi) is 1.25. The molecule has 0 unspecified atom stereocenters. The van der Waals surface area contributed by atoms with Gasteiger partial charge < -0.3 is 4.98 Å². The summed E-state index contributed by atoms with van der Waals surface area (Å²) in [6.07, 6.45) is 7.35. The second-order valence-corrected chi connectivity index (χ2v) is 2.37. The second-order valence-electron chi connectivity index (χ2n) is 2.37. The van der Waals surface area contributed by atoms with E-state index in [9.17, 15) is 0 Å². The van der Waals surface area contributed by atoms with E-state index in [0.29, 0.717) is 0 Å². The van der Waals surface area contributed by atoms with Crippen LogP contribution >= 0.6 is 0 Å². The normalized spacial score (nSPS) is 10.2. The van der Waals surface area contributed by atoms with Crippen molar-refractivity contribution < 1.29 is 0 Å². The molecule has 2 aromatic rings. The minimum absolute atomic E-state index is 1.06. The summed E-state index contributed by atoms with van der Waals surface area (Å²) in [6, 6.07) is 1.98. The molecule has 2 heterocycles. The molecule has 2 nitrogen and oxygen atoms in total. The Morgan fingerprint density at radius 3 is 3.27 bits per heavy atom. The summed E-state index contributed by atoms with van der Waals surface area (Å²) in [5, 5.41) is 1.18. The van der Waals surface area contributed by atoms with E-state index in [4.69, 9.17) is 0 Å².